The van der Waals surface area contributed by atoms with Crippen LogP contribution in [0.5, 0.6) is 0 Å². The predicted octanol–water partition coefficient (Wildman–Crippen LogP) is 2.13. The smallest absolute Gasteiger partial charge is 0.146 e. The number of allylic oxidation sites excluding steroid dienone is 2. The molecule has 0 unspecified atom stereocenters. The van der Waals surface area contributed by atoms with E-state index in [-0.39, 0.29) is 11.3 Å². The standard InChI is InChI=1S/C15H22O3/c1-14(2)7-6-13(18)15(3)11(9-17)10(8-16)4-5-12(14)15/h4,8-9,11-13,18H,5-7H2,1-3H3/t11-,12-,13+,15+/m0/s1. The lowest BCUT2D eigenvalue weighted by atomic mass is 9.48. The average molecular weight is 250 g/mol. The number of aldehydes is 2. The van der Waals surface area contributed by atoms with Crippen molar-refractivity contribution in [2.45, 2.75) is 46.1 Å². The third-order valence-electron chi connectivity index (χ3n) is 5.36. The topological polar surface area (TPSA) is 54.4 Å². The van der Waals surface area contributed by atoms with Gasteiger partial charge in [-0.1, -0.05) is 26.8 Å². The molecule has 2 rings (SSSR count). The van der Waals surface area contributed by atoms with Crippen LogP contribution < -0.4 is 0 Å². The minimum absolute atomic E-state index is 0.0974. The van der Waals surface area contributed by atoms with Gasteiger partial charge < -0.3 is 9.90 Å². The molecular formula is C15H22O3. The van der Waals surface area contributed by atoms with Crippen LogP contribution in [0.15, 0.2) is 11.6 Å². The SMILES string of the molecule is CC1(C)CC[C@@H](O)[C@]2(C)[C@@H](C=O)C(C=O)=CC[C@@H]12. The van der Waals surface area contributed by atoms with Crippen molar-refractivity contribution in [3.63, 3.8) is 0 Å². The lowest BCUT2D eigenvalue weighted by Gasteiger charge is -2.57. The molecule has 0 aromatic carbocycles. The fourth-order valence-electron chi connectivity index (χ4n) is 4.15. The van der Waals surface area contributed by atoms with E-state index in [1.807, 2.05) is 13.0 Å². The summed E-state index contributed by atoms with van der Waals surface area (Å²) >= 11 is 0. The highest BCUT2D eigenvalue weighted by Crippen LogP contribution is 2.58. The molecule has 0 aromatic heterocycles. The summed E-state index contributed by atoms with van der Waals surface area (Å²) in [6, 6.07) is 0. The Balaban J connectivity index is 2.52. The zero-order valence-electron chi connectivity index (χ0n) is 11.3. The molecular weight excluding hydrogens is 228 g/mol. The summed E-state index contributed by atoms with van der Waals surface area (Å²) in [6.45, 7) is 6.37. The fraction of sp³-hybridized carbons (Fsp3) is 0.733. The molecule has 1 fully saturated rings. The second-order valence-electron chi connectivity index (χ2n) is 6.63. The van der Waals surface area contributed by atoms with Crippen molar-refractivity contribution in [2.75, 3.05) is 0 Å². The molecule has 18 heavy (non-hydrogen) atoms. The molecule has 0 aliphatic heterocycles. The molecule has 3 heteroatoms. The third-order valence-corrected chi connectivity index (χ3v) is 5.36. The van der Waals surface area contributed by atoms with Gasteiger partial charge in [0.2, 0.25) is 0 Å². The minimum atomic E-state index is -0.505. The average Bonchev–Trinajstić information content (AvgIpc) is 2.33. The minimum Gasteiger partial charge on any atom is -0.393 e. The Morgan fingerprint density at radius 2 is 2.00 bits per heavy atom. The van der Waals surface area contributed by atoms with Gasteiger partial charge in [-0.15, -0.1) is 0 Å². The molecule has 2 aliphatic carbocycles. The maximum atomic E-state index is 11.4. The molecule has 0 heterocycles. The first kappa shape index (κ1) is 13.5. The molecule has 0 aromatic rings. The fourth-order valence-corrected chi connectivity index (χ4v) is 4.15. The van der Waals surface area contributed by atoms with E-state index >= 15 is 0 Å². The Morgan fingerprint density at radius 1 is 1.33 bits per heavy atom. The second-order valence-corrected chi connectivity index (χ2v) is 6.63. The highest BCUT2D eigenvalue weighted by molar-refractivity contribution is 5.82. The van der Waals surface area contributed by atoms with Crippen molar-refractivity contribution in [1.29, 1.82) is 0 Å². The van der Waals surface area contributed by atoms with E-state index in [2.05, 4.69) is 13.8 Å². The van der Waals surface area contributed by atoms with E-state index < -0.39 is 17.4 Å². The van der Waals surface area contributed by atoms with Crippen molar-refractivity contribution in [2.24, 2.45) is 22.7 Å². The highest BCUT2D eigenvalue weighted by atomic mass is 16.3. The number of rotatable bonds is 2. The molecule has 4 atom stereocenters. The maximum absolute atomic E-state index is 11.4. The van der Waals surface area contributed by atoms with Crippen LogP contribution in [-0.4, -0.2) is 23.8 Å². The lowest BCUT2D eigenvalue weighted by Crippen LogP contribution is -2.56. The van der Waals surface area contributed by atoms with E-state index in [0.29, 0.717) is 12.0 Å². The van der Waals surface area contributed by atoms with Gasteiger partial charge in [0.15, 0.2) is 0 Å². The van der Waals surface area contributed by atoms with E-state index in [4.69, 9.17) is 0 Å². The molecule has 0 saturated heterocycles. The normalized spacial score (nSPS) is 42.7. The third kappa shape index (κ3) is 1.68. The summed E-state index contributed by atoms with van der Waals surface area (Å²) in [5.74, 6) is -0.226. The molecule has 100 valence electrons. The zero-order valence-corrected chi connectivity index (χ0v) is 11.3. The van der Waals surface area contributed by atoms with Crippen LogP contribution in [0, 0.1) is 22.7 Å². The van der Waals surface area contributed by atoms with Gasteiger partial charge in [0.1, 0.15) is 12.6 Å². The first-order valence-electron chi connectivity index (χ1n) is 6.66. The number of carbonyl (C=O) groups excluding carboxylic acids is 2. The van der Waals surface area contributed by atoms with Gasteiger partial charge in [0.25, 0.3) is 0 Å². The molecule has 0 spiro atoms. The number of hydrogen-bond donors (Lipinski definition) is 1. The number of hydrogen-bond acceptors (Lipinski definition) is 3. The lowest BCUT2D eigenvalue weighted by molar-refractivity contribution is -0.143. The monoisotopic (exact) mass is 250 g/mol. The summed E-state index contributed by atoms with van der Waals surface area (Å²) in [6.07, 6.45) is 5.44. The second kappa shape index (κ2) is 4.30. The van der Waals surface area contributed by atoms with Crippen LogP contribution >= 0.6 is 0 Å². The van der Waals surface area contributed by atoms with Gasteiger partial charge in [-0.05, 0) is 36.2 Å². The van der Waals surface area contributed by atoms with Crippen molar-refractivity contribution in [3.05, 3.63) is 11.6 Å². The summed E-state index contributed by atoms with van der Waals surface area (Å²) in [4.78, 5) is 22.5. The molecule has 0 bridgehead atoms. The van der Waals surface area contributed by atoms with Crippen molar-refractivity contribution < 1.29 is 14.7 Å². The maximum Gasteiger partial charge on any atom is 0.146 e. The Morgan fingerprint density at radius 3 is 2.56 bits per heavy atom. The van der Waals surface area contributed by atoms with Gasteiger partial charge in [-0.3, -0.25) is 4.79 Å². The van der Waals surface area contributed by atoms with Crippen molar-refractivity contribution >= 4 is 12.6 Å². The summed E-state index contributed by atoms with van der Waals surface area (Å²) < 4.78 is 0. The van der Waals surface area contributed by atoms with Gasteiger partial charge in [-0.25, -0.2) is 0 Å². The molecule has 2 aliphatic rings. The quantitative estimate of drug-likeness (QED) is 0.764. The van der Waals surface area contributed by atoms with Gasteiger partial charge in [0.05, 0.1) is 12.0 Å². The Bertz CT molecular complexity index is 397. The predicted molar refractivity (Wildman–Crippen MR) is 68.9 cm³/mol. The highest BCUT2D eigenvalue weighted by Gasteiger charge is 2.56. The Kier molecular flexibility index (Phi) is 3.22. The summed E-state index contributed by atoms with van der Waals surface area (Å²) in [5, 5.41) is 10.4. The van der Waals surface area contributed by atoms with Crippen molar-refractivity contribution in [1.82, 2.24) is 0 Å². The first-order valence-corrected chi connectivity index (χ1v) is 6.66. The first-order chi connectivity index (χ1) is 8.37. The van der Waals surface area contributed by atoms with Crippen LogP contribution in [-0.2, 0) is 9.59 Å². The van der Waals surface area contributed by atoms with Crippen LogP contribution in [0.1, 0.15) is 40.0 Å². The van der Waals surface area contributed by atoms with E-state index in [1.54, 1.807) is 0 Å². The largest absolute Gasteiger partial charge is 0.393 e. The summed E-state index contributed by atoms with van der Waals surface area (Å²) in [5.41, 5.74) is 0.134. The van der Waals surface area contributed by atoms with Crippen LogP contribution in [0.25, 0.3) is 0 Å². The van der Waals surface area contributed by atoms with Gasteiger partial charge in [0, 0.05) is 5.41 Å². The molecule has 0 amide bonds. The van der Waals surface area contributed by atoms with Crippen LogP contribution in [0.4, 0.5) is 0 Å². The van der Waals surface area contributed by atoms with E-state index in [1.165, 1.54) is 0 Å². The number of carbonyl (C=O) groups is 2. The summed E-state index contributed by atoms with van der Waals surface area (Å²) in [7, 11) is 0. The van der Waals surface area contributed by atoms with Gasteiger partial charge >= 0.3 is 0 Å². The van der Waals surface area contributed by atoms with E-state index in [0.717, 1.165) is 25.4 Å². The number of aliphatic hydroxyl groups is 1. The van der Waals surface area contributed by atoms with Crippen LogP contribution in [0.3, 0.4) is 0 Å². The van der Waals surface area contributed by atoms with Crippen molar-refractivity contribution in [3.8, 4) is 0 Å². The number of aliphatic hydroxyl groups excluding tert-OH is 1. The molecule has 1 saturated carbocycles. The molecule has 0 radical (unpaired) electrons. The molecule has 3 nitrogen and oxygen atoms in total. The van der Waals surface area contributed by atoms with Gasteiger partial charge in [-0.2, -0.15) is 0 Å². The Labute approximate surface area is 108 Å². The van der Waals surface area contributed by atoms with Crippen LogP contribution in [0.2, 0.25) is 0 Å². The number of fused-ring (bicyclic) bond motifs is 1. The molecule has 1 N–H and O–H groups in total. The zero-order chi connectivity index (χ0) is 13.6. The Hall–Kier alpha value is -0.960. The van der Waals surface area contributed by atoms with E-state index in [9.17, 15) is 14.7 Å².